The first-order valence-corrected chi connectivity index (χ1v) is 8.45. The van der Waals surface area contributed by atoms with Crippen molar-refractivity contribution in [1.82, 2.24) is 0 Å². The summed E-state index contributed by atoms with van der Waals surface area (Å²) in [5.74, 6) is 0. The predicted molar refractivity (Wildman–Crippen MR) is 85.9 cm³/mol. The molecule has 1 unspecified atom stereocenters. The molecule has 120 valence electrons. The summed E-state index contributed by atoms with van der Waals surface area (Å²) in [7, 11) is -2.17. The molecule has 0 radical (unpaired) electrons. The normalized spacial score (nSPS) is 13.2. The smallest absolute Gasteiger partial charge is 0.238 e. The molecule has 1 rings (SSSR count). The summed E-state index contributed by atoms with van der Waals surface area (Å²) >= 11 is 0. The van der Waals surface area contributed by atoms with Crippen LogP contribution in [0.4, 0.5) is 11.4 Å². The largest absolute Gasteiger partial charge is 0.399 e. The summed E-state index contributed by atoms with van der Waals surface area (Å²) in [4.78, 5) is 2.17. The summed E-state index contributed by atoms with van der Waals surface area (Å²) in [5, 5.41) is 5.28. The molecule has 1 aromatic rings. The lowest BCUT2D eigenvalue weighted by molar-refractivity contribution is 0.203. The van der Waals surface area contributed by atoms with Crippen molar-refractivity contribution in [3.8, 4) is 0 Å². The number of nitrogens with zero attached hydrogens (tertiary/aromatic N) is 1. The summed E-state index contributed by atoms with van der Waals surface area (Å²) in [6.45, 7) is 7.10. The number of primary sulfonamides is 1. The number of hydrogen-bond acceptors (Lipinski definition) is 5. The quantitative estimate of drug-likeness (QED) is 0.743. The van der Waals surface area contributed by atoms with Crippen molar-refractivity contribution in [2.75, 3.05) is 30.9 Å². The molecule has 0 amide bonds. The second-order valence-electron chi connectivity index (χ2n) is 5.15. The minimum absolute atomic E-state index is 0.0724. The van der Waals surface area contributed by atoms with Crippen molar-refractivity contribution in [1.29, 1.82) is 0 Å². The van der Waals surface area contributed by atoms with Gasteiger partial charge < -0.3 is 15.4 Å². The maximum absolute atomic E-state index is 11.7. The van der Waals surface area contributed by atoms with Gasteiger partial charge in [-0.25, -0.2) is 13.6 Å². The van der Waals surface area contributed by atoms with Crippen molar-refractivity contribution in [2.24, 2.45) is 5.14 Å². The number of nitrogens with two attached hydrogens (primary N) is 2. The second-order valence-corrected chi connectivity index (χ2v) is 6.68. The highest BCUT2D eigenvalue weighted by Gasteiger charge is 2.21. The molecule has 0 aliphatic rings. The number of methoxy groups -OCH3 is 1. The average molecular weight is 315 g/mol. The summed E-state index contributed by atoms with van der Waals surface area (Å²) in [6, 6.07) is 3.42. The molecular weight excluding hydrogens is 290 g/mol. The standard InChI is InChI=1S/C14H25N3O3S/c1-5-10(2)17(6-7-20-4)13-8-12(15)9-14(11(13)3)21(16,18)19/h8-10H,5-7,15H2,1-4H3,(H2,16,18,19). The Morgan fingerprint density at radius 3 is 2.48 bits per heavy atom. The highest BCUT2D eigenvalue weighted by molar-refractivity contribution is 7.89. The first-order chi connectivity index (χ1) is 9.72. The van der Waals surface area contributed by atoms with Crippen molar-refractivity contribution >= 4 is 21.4 Å². The van der Waals surface area contributed by atoms with Gasteiger partial charge in [-0.3, -0.25) is 0 Å². The molecule has 1 atom stereocenters. The number of hydrogen-bond donors (Lipinski definition) is 2. The van der Waals surface area contributed by atoms with Gasteiger partial charge in [0.05, 0.1) is 11.5 Å². The van der Waals surface area contributed by atoms with Crippen LogP contribution in [-0.2, 0) is 14.8 Å². The molecule has 6 nitrogen and oxygen atoms in total. The summed E-state index contributed by atoms with van der Waals surface area (Å²) in [6.07, 6.45) is 0.919. The average Bonchev–Trinajstić information content (AvgIpc) is 2.40. The van der Waals surface area contributed by atoms with Crippen LogP contribution in [0.1, 0.15) is 25.8 Å². The molecule has 0 aliphatic heterocycles. The number of nitrogen functional groups attached to an aromatic ring is 1. The fourth-order valence-corrected chi connectivity index (χ4v) is 3.11. The number of sulfonamides is 1. The molecule has 21 heavy (non-hydrogen) atoms. The van der Waals surface area contributed by atoms with Crippen LogP contribution in [0.25, 0.3) is 0 Å². The van der Waals surface area contributed by atoms with E-state index >= 15 is 0 Å². The molecule has 0 aromatic heterocycles. The van der Waals surface area contributed by atoms with Crippen LogP contribution in [0.15, 0.2) is 17.0 Å². The SMILES string of the molecule is CCC(C)N(CCOC)c1cc(N)cc(S(N)(=O)=O)c1C. The van der Waals surface area contributed by atoms with E-state index in [9.17, 15) is 8.42 Å². The Balaban J connectivity index is 3.40. The number of ether oxygens (including phenoxy) is 1. The number of anilines is 2. The van der Waals surface area contributed by atoms with Gasteiger partial charge in [0.2, 0.25) is 10.0 Å². The first-order valence-electron chi connectivity index (χ1n) is 6.90. The van der Waals surface area contributed by atoms with Gasteiger partial charge in [0.25, 0.3) is 0 Å². The highest BCUT2D eigenvalue weighted by Crippen LogP contribution is 2.30. The Hall–Kier alpha value is -1.31. The molecule has 7 heteroatoms. The van der Waals surface area contributed by atoms with Crippen molar-refractivity contribution in [3.63, 3.8) is 0 Å². The molecule has 0 fully saturated rings. The van der Waals surface area contributed by atoms with Gasteiger partial charge in [0, 0.05) is 31.1 Å². The highest BCUT2D eigenvalue weighted by atomic mass is 32.2. The van der Waals surface area contributed by atoms with Gasteiger partial charge in [-0.2, -0.15) is 0 Å². The first kappa shape index (κ1) is 17.7. The third-order valence-electron chi connectivity index (χ3n) is 3.63. The maximum Gasteiger partial charge on any atom is 0.238 e. The van der Waals surface area contributed by atoms with E-state index in [1.807, 2.05) is 0 Å². The van der Waals surface area contributed by atoms with Crippen LogP contribution in [0.3, 0.4) is 0 Å². The van der Waals surface area contributed by atoms with E-state index in [0.717, 1.165) is 12.1 Å². The summed E-state index contributed by atoms with van der Waals surface area (Å²) < 4.78 is 28.6. The van der Waals surface area contributed by atoms with Crippen LogP contribution >= 0.6 is 0 Å². The van der Waals surface area contributed by atoms with Gasteiger partial charge in [0.15, 0.2) is 0 Å². The zero-order valence-electron chi connectivity index (χ0n) is 13.1. The van der Waals surface area contributed by atoms with E-state index in [2.05, 4.69) is 18.7 Å². The van der Waals surface area contributed by atoms with Crippen molar-refractivity contribution in [2.45, 2.75) is 38.1 Å². The second kappa shape index (κ2) is 7.11. The van der Waals surface area contributed by atoms with E-state index < -0.39 is 10.0 Å². The number of benzene rings is 1. The molecule has 0 aliphatic carbocycles. The Labute approximate surface area is 127 Å². The zero-order valence-corrected chi connectivity index (χ0v) is 13.9. The fourth-order valence-electron chi connectivity index (χ4n) is 2.28. The Bertz CT molecular complexity index is 587. The lowest BCUT2D eigenvalue weighted by Crippen LogP contribution is -2.36. The fraction of sp³-hybridized carbons (Fsp3) is 0.571. The third-order valence-corrected chi connectivity index (χ3v) is 4.67. The molecule has 0 saturated carbocycles. The lowest BCUT2D eigenvalue weighted by Gasteiger charge is -2.32. The van der Waals surface area contributed by atoms with Gasteiger partial charge in [-0.05, 0) is 38.0 Å². The Morgan fingerprint density at radius 1 is 1.38 bits per heavy atom. The van der Waals surface area contributed by atoms with Crippen LogP contribution in [0.2, 0.25) is 0 Å². The van der Waals surface area contributed by atoms with Crippen molar-refractivity contribution in [3.05, 3.63) is 17.7 Å². The third kappa shape index (κ3) is 4.33. The number of rotatable bonds is 7. The molecule has 0 heterocycles. The molecule has 0 bridgehead atoms. The molecule has 1 aromatic carbocycles. The van der Waals surface area contributed by atoms with E-state index in [4.69, 9.17) is 15.6 Å². The van der Waals surface area contributed by atoms with E-state index in [0.29, 0.717) is 24.4 Å². The van der Waals surface area contributed by atoms with Crippen LogP contribution in [0, 0.1) is 6.92 Å². The van der Waals surface area contributed by atoms with Gasteiger partial charge in [0.1, 0.15) is 0 Å². The molecular formula is C14H25N3O3S. The van der Waals surface area contributed by atoms with E-state index in [1.165, 1.54) is 6.07 Å². The van der Waals surface area contributed by atoms with Crippen molar-refractivity contribution < 1.29 is 13.2 Å². The van der Waals surface area contributed by atoms with Crippen LogP contribution in [0.5, 0.6) is 0 Å². The van der Waals surface area contributed by atoms with Crippen LogP contribution in [-0.4, -0.2) is 34.7 Å². The minimum atomic E-state index is -3.80. The lowest BCUT2D eigenvalue weighted by atomic mass is 10.1. The Kier molecular flexibility index (Phi) is 6.00. The molecule has 0 spiro atoms. The molecule has 0 saturated heterocycles. The van der Waals surface area contributed by atoms with Crippen LogP contribution < -0.4 is 15.8 Å². The topological polar surface area (TPSA) is 98.7 Å². The van der Waals surface area contributed by atoms with Gasteiger partial charge >= 0.3 is 0 Å². The zero-order chi connectivity index (χ0) is 16.2. The van der Waals surface area contributed by atoms with Gasteiger partial charge in [-0.1, -0.05) is 6.92 Å². The Morgan fingerprint density at radius 2 is 2.00 bits per heavy atom. The maximum atomic E-state index is 11.7. The van der Waals surface area contributed by atoms with Gasteiger partial charge in [-0.15, -0.1) is 0 Å². The minimum Gasteiger partial charge on any atom is -0.399 e. The predicted octanol–water partition coefficient (Wildman–Crippen LogP) is 1.48. The van der Waals surface area contributed by atoms with E-state index in [-0.39, 0.29) is 10.9 Å². The summed E-state index contributed by atoms with van der Waals surface area (Å²) in [5.41, 5.74) is 7.63. The van der Waals surface area contributed by atoms with E-state index in [1.54, 1.807) is 20.1 Å². The monoisotopic (exact) mass is 315 g/mol. The molecule has 4 N–H and O–H groups in total.